The van der Waals surface area contributed by atoms with E-state index in [2.05, 4.69) is 15.8 Å². The second kappa shape index (κ2) is 5.38. The molecule has 5 nitrogen and oxygen atoms in total. The molecule has 0 fully saturated rings. The van der Waals surface area contributed by atoms with E-state index in [9.17, 15) is 4.79 Å². The Kier molecular flexibility index (Phi) is 3.82. The van der Waals surface area contributed by atoms with Crippen molar-refractivity contribution in [3.8, 4) is 0 Å². The first-order chi connectivity index (χ1) is 9.02. The number of benzene rings is 1. The van der Waals surface area contributed by atoms with Gasteiger partial charge in [0.2, 0.25) is 0 Å². The molecule has 0 saturated heterocycles. The summed E-state index contributed by atoms with van der Waals surface area (Å²) in [6, 6.07) is 5.11. The van der Waals surface area contributed by atoms with Gasteiger partial charge < -0.3 is 0 Å². The summed E-state index contributed by atoms with van der Waals surface area (Å²) in [6.07, 6.45) is 0. The summed E-state index contributed by atoms with van der Waals surface area (Å²) in [6.45, 7) is 5.64. The number of carbonyl (C=O) groups excluding carboxylic acids is 1. The van der Waals surface area contributed by atoms with E-state index < -0.39 is 0 Å². The maximum absolute atomic E-state index is 12.2. The molecular formula is C13H15N3O2S. The van der Waals surface area contributed by atoms with Gasteiger partial charge >= 0.3 is 0 Å². The molecule has 0 aliphatic rings. The fourth-order valence-corrected chi connectivity index (χ4v) is 2.50. The molecular weight excluding hydrogens is 262 g/mol. The highest BCUT2D eigenvalue weighted by molar-refractivity contribution is 7.15. The van der Waals surface area contributed by atoms with Crippen molar-refractivity contribution < 1.29 is 10.0 Å². The molecule has 3 N–H and O–H groups in total. The van der Waals surface area contributed by atoms with E-state index in [4.69, 9.17) is 5.21 Å². The van der Waals surface area contributed by atoms with Crippen molar-refractivity contribution in [2.75, 3.05) is 10.8 Å². The third-order valence-electron chi connectivity index (χ3n) is 2.95. The van der Waals surface area contributed by atoms with Gasteiger partial charge in [-0.15, -0.1) is 11.3 Å². The first kappa shape index (κ1) is 13.5. The van der Waals surface area contributed by atoms with Crippen molar-refractivity contribution in [1.82, 2.24) is 4.98 Å². The molecule has 2 aromatic rings. The summed E-state index contributed by atoms with van der Waals surface area (Å²) in [5.74, 6) is -0.233. The van der Waals surface area contributed by atoms with E-state index in [1.165, 1.54) is 11.3 Å². The number of hydrogen-bond acceptors (Lipinski definition) is 5. The predicted molar refractivity (Wildman–Crippen MR) is 76.1 cm³/mol. The van der Waals surface area contributed by atoms with E-state index >= 15 is 0 Å². The van der Waals surface area contributed by atoms with Gasteiger partial charge in [-0.3, -0.25) is 20.8 Å². The number of amides is 1. The summed E-state index contributed by atoms with van der Waals surface area (Å²) < 4.78 is 0. The molecule has 0 unspecified atom stereocenters. The number of anilines is 2. The zero-order valence-electron chi connectivity index (χ0n) is 10.9. The predicted octanol–water partition coefficient (Wildman–Crippen LogP) is 3.12. The van der Waals surface area contributed by atoms with Crippen molar-refractivity contribution >= 4 is 28.1 Å². The van der Waals surface area contributed by atoms with E-state index in [0.717, 1.165) is 10.6 Å². The molecule has 0 radical (unpaired) electrons. The second-order valence-corrected chi connectivity index (χ2v) is 5.41. The number of aromatic nitrogens is 1. The van der Waals surface area contributed by atoms with Crippen LogP contribution in [0.25, 0.3) is 0 Å². The largest absolute Gasteiger partial charge is 0.298 e. The number of thiazole rings is 1. The first-order valence-corrected chi connectivity index (χ1v) is 6.59. The maximum atomic E-state index is 12.2. The van der Waals surface area contributed by atoms with Gasteiger partial charge in [-0.1, -0.05) is 6.07 Å². The lowest BCUT2D eigenvalue weighted by Gasteiger charge is -2.09. The van der Waals surface area contributed by atoms with Crippen LogP contribution in [-0.4, -0.2) is 16.1 Å². The molecule has 2 rings (SSSR count). The van der Waals surface area contributed by atoms with E-state index in [1.54, 1.807) is 25.1 Å². The van der Waals surface area contributed by atoms with Crippen LogP contribution < -0.4 is 10.8 Å². The monoisotopic (exact) mass is 277 g/mol. The second-order valence-electron chi connectivity index (χ2n) is 4.20. The molecule has 1 aromatic carbocycles. The van der Waals surface area contributed by atoms with Crippen LogP contribution in [0.1, 0.15) is 26.5 Å². The quantitative estimate of drug-likeness (QED) is 0.754. The fourth-order valence-electron chi connectivity index (χ4n) is 1.69. The van der Waals surface area contributed by atoms with Crippen molar-refractivity contribution in [3.63, 3.8) is 0 Å². The van der Waals surface area contributed by atoms with Crippen molar-refractivity contribution in [2.45, 2.75) is 20.8 Å². The van der Waals surface area contributed by atoms with Crippen LogP contribution >= 0.6 is 11.3 Å². The summed E-state index contributed by atoms with van der Waals surface area (Å²) >= 11 is 1.45. The van der Waals surface area contributed by atoms with Gasteiger partial charge in [-0.2, -0.15) is 0 Å². The first-order valence-electron chi connectivity index (χ1n) is 5.78. The van der Waals surface area contributed by atoms with Gasteiger partial charge in [-0.25, -0.2) is 4.98 Å². The molecule has 0 spiro atoms. The molecule has 0 atom stereocenters. The van der Waals surface area contributed by atoms with Crippen LogP contribution in [0.3, 0.4) is 0 Å². The molecule has 0 aliphatic carbocycles. The number of rotatable bonds is 3. The molecule has 1 amide bonds. The number of nitrogens with zero attached hydrogens (tertiary/aromatic N) is 1. The Balaban J connectivity index is 2.25. The summed E-state index contributed by atoms with van der Waals surface area (Å²) in [7, 11) is 0. The highest BCUT2D eigenvalue weighted by atomic mass is 32.1. The Morgan fingerprint density at radius 3 is 2.63 bits per heavy atom. The molecule has 1 heterocycles. The van der Waals surface area contributed by atoms with E-state index in [-0.39, 0.29) is 5.91 Å². The Bertz CT molecular complexity index is 603. The lowest BCUT2D eigenvalue weighted by molar-refractivity contribution is 0.102. The summed E-state index contributed by atoms with van der Waals surface area (Å²) in [5, 5.41) is 12.3. The molecule has 0 bridgehead atoms. The highest BCUT2D eigenvalue weighted by Gasteiger charge is 2.13. The Labute approximate surface area is 115 Å². The topological polar surface area (TPSA) is 74.2 Å². The smallest absolute Gasteiger partial charge is 0.257 e. The van der Waals surface area contributed by atoms with Gasteiger partial charge in [0, 0.05) is 10.4 Å². The van der Waals surface area contributed by atoms with Crippen LogP contribution in [0, 0.1) is 20.8 Å². The number of nitrogens with one attached hydrogen (secondary N) is 2. The fraction of sp³-hybridized carbons (Fsp3) is 0.231. The van der Waals surface area contributed by atoms with Gasteiger partial charge in [-0.05, 0) is 38.5 Å². The normalized spacial score (nSPS) is 10.3. The van der Waals surface area contributed by atoms with Crippen LogP contribution in [-0.2, 0) is 0 Å². The van der Waals surface area contributed by atoms with Crippen LogP contribution in [0.5, 0.6) is 0 Å². The average molecular weight is 277 g/mol. The third-order valence-corrected chi connectivity index (χ3v) is 3.94. The molecule has 0 saturated carbocycles. The van der Waals surface area contributed by atoms with E-state index in [1.807, 2.05) is 13.8 Å². The van der Waals surface area contributed by atoms with Gasteiger partial charge in [0.15, 0.2) is 5.13 Å². The standard InChI is InChI=1S/C13H15N3O2S/c1-7-10(5-4-6-11(7)16-18)12(17)15-13-14-8(2)9(3)19-13/h4-6,16,18H,1-3H3,(H,14,15,17). The minimum absolute atomic E-state index is 0.233. The zero-order valence-corrected chi connectivity index (χ0v) is 11.8. The maximum Gasteiger partial charge on any atom is 0.257 e. The Morgan fingerprint density at radius 1 is 1.32 bits per heavy atom. The van der Waals surface area contributed by atoms with E-state index in [0.29, 0.717) is 21.9 Å². The lowest BCUT2D eigenvalue weighted by atomic mass is 10.1. The molecule has 19 heavy (non-hydrogen) atoms. The van der Waals surface area contributed by atoms with Crippen molar-refractivity contribution in [2.24, 2.45) is 0 Å². The van der Waals surface area contributed by atoms with Gasteiger partial charge in [0.05, 0.1) is 11.4 Å². The number of hydrogen-bond donors (Lipinski definition) is 3. The summed E-state index contributed by atoms with van der Waals surface area (Å²) in [5.41, 5.74) is 4.70. The molecule has 6 heteroatoms. The third kappa shape index (κ3) is 2.74. The Hall–Kier alpha value is -1.92. The highest BCUT2D eigenvalue weighted by Crippen LogP contribution is 2.23. The van der Waals surface area contributed by atoms with Crippen LogP contribution in [0.4, 0.5) is 10.8 Å². The van der Waals surface area contributed by atoms with Crippen LogP contribution in [0.2, 0.25) is 0 Å². The Morgan fingerprint density at radius 2 is 2.05 bits per heavy atom. The van der Waals surface area contributed by atoms with Crippen LogP contribution in [0.15, 0.2) is 18.2 Å². The average Bonchev–Trinajstić information content (AvgIpc) is 2.68. The van der Waals surface area contributed by atoms with Gasteiger partial charge in [0.25, 0.3) is 5.91 Å². The minimum atomic E-state index is -0.233. The zero-order chi connectivity index (χ0) is 14.0. The lowest BCUT2D eigenvalue weighted by Crippen LogP contribution is -2.14. The number of aryl methyl sites for hydroxylation is 2. The van der Waals surface area contributed by atoms with Crippen molar-refractivity contribution in [1.29, 1.82) is 0 Å². The minimum Gasteiger partial charge on any atom is -0.298 e. The molecule has 0 aliphatic heterocycles. The summed E-state index contributed by atoms with van der Waals surface area (Å²) in [4.78, 5) is 17.5. The SMILES string of the molecule is Cc1nc(NC(=O)c2cccc(NO)c2C)sc1C. The van der Waals surface area contributed by atoms with Crippen molar-refractivity contribution in [3.05, 3.63) is 39.9 Å². The number of carbonyl (C=O) groups is 1. The molecule has 1 aromatic heterocycles. The van der Waals surface area contributed by atoms with Gasteiger partial charge in [0.1, 0.15) is 0 Å². The molecule has 100 valence electrons.